The number of rotatable bonds is 5. The fourth-order valence-corrected chi connectivity index (χ4v) is 3.62. The maximum absolute atomic E-state index is 12.8. The molecule has 0 radical (unpaired) electrons. The molecule has 27 heavy (non-hydrogen) atoms. The molecule has 2 aromatic carbocycles. The monoisotopic (exact) mass is 364 g/mol. The Labute approximate surface area is 161 Å². The van der Waals surface area contributed by atoms with Crippen molar-refractivity contribution in [1.82, 2.24) is 10.2 Å². The molecule has 0 unspecified atom stereocenters. The van der Waals surface area contributed by atoms with Crippen molar-refractivity contribution in [1.29, 1.82) is 0 Å². The SMILES string of the molecule is Cc1ccc(CC(=O)N2CCC[C@](C)(C(=O)NCc3ccccc3)C2)cc1. The molecule has 1 aliphatic rings. The van der Waals surface area contributed by atoms with Crippen LogP contribution in [0.15, 0.2) is 54.6 Å². The zero-order valence-corrected chi connectivity index (χ0v) is 16.2. The minimum atomic E-state index is -0.532. The van der Waals surface area contributed by atoms with Gasteiger partial charge in [-0.3, -0.25) is 9.59 Å². The van der Waals surface area contributed by atoms with E-state index in [0.29, 0.717) is 19.5 Å². The van der Waals surface area contributed by atoms with Gasteiger partial charge in [-0.05, 0) is 37.8 Å². The number of aryl methyl sites for hydroxylation is 1. The van der Waals surface area contributed by atoms with Gasteiger partial charge in [0, 0.05) is 19.6 Å². The number of amides is 2. The summed E-state index contributed by atoms with van der Waals surface area (Å²) in [5.74, 6) is 0.125. The van der Waals surface area contributed by atoms with Crippen LogP contribution >= 0.6 is 0 Å². The molecule has 0 saturated carbocycles. The summed E-state index contributed by atoms with van der Waals surface area (Å²) in [4.78, 5) is 27.4. The van der Waals surface area contributed by atoms with E-state index in [0.717, 1.165) is 30.5 Å². The van der Waals surface area contributed by atoms with Crippen molar-refractivity contribution < 1.29 is 9.59 Å². The van der Waals surface area contributed by atoms with Crippen LogP contribution in [0, 0.1) is 12.3 Å². The van der Waals surface area contributed by atoms with Crippen LogP contribution in [-0.2, 0) is 22.6 Å². The number of benzene rings is 2. The minimum Gasteiger partial charge on any atom is -0.351 e. The van der Waals surface area contributed by atoms with Crippen LogP contribution in [0.1, 0.15) is 36.5 Å². The summed E-state index contributed by atoms with van der Waals surface area (Å²) in [6, 6.07) is 18.0. The summed E-state index contributed by atoms with van der Waals surface area (Å²) < 4.78 is 0. The van der Waals surface area contributed by atoms with Gasteiger partial charge in [-0.2, -0.15) is 0 Å². The van der Waals surface area contributed by atoms with Gasteiger partial charge in [-0.15, -0.1) is 0 Å². The average Bonchev–Trinajstić information content (AvgIpc) is 2.68. The molecule has 1 atom stereocenters. The van der Waals surface area contributed by atoms with Crippen molar-refractivity contribution in [2.24, 2.45) is 5.41 Å². The molecule has 3 rings (SSSR count). The highest BCUT2D eigenvalue weighted by molar-refractivity contribution is 5.84. The lowest BCUT2D eigenvalue weighted by Crippen LogP contribution is -2.52. The largest absolute Gasteiger partial charge is 0.351 e. The molecule has 1 N–H and O–H groups in total. The highest BCUT2D eigenvalue weighted by atomic mass is 16.2. The predicted molar refractivity (Wildman–Crippen MR) is 107 cm³/mol. The van der Waals surface area contributed by atoms with Gasteiger partial charge in [0.15, 0.2) is 0 Å². The van der Waals surface area contributed by atoms with Gasteiger partial charge < -0.3 is 10.2 Å². The molecule has 0 aliphatic carbocycles. The fraction of sp³-hybridized carbons (Fsp3) is 0.391. The van der Waals surface area contributed by atoms with E-state index in [2.05, 4.69) is 5.32 Å². The number of nitrogens with one attached hydrogen (secondary N) is 1. The number of piperidine rings is 1. The summed E-state index contributed by atoms with van der Waals surface area (Å²) in [5, 5.41) is 3.05. The van der Waals surface area contributed by atoms with E-state index in [9.17, 15) is 9.59 Å². The molecule has 2 amide bonds. The van der Waals surface area contributed by atoms with E-state index in [-0.39, 0.29) is 11.8 Å². The molecule has 1 heterocycles. The van der Waals surface area contributed by atoms with Crippen LogP contribution in [0.3, 0.4) is 0 Å². The van der Waals surface area contributed by atoms with Crippen LogP contribution < -0.4 is 5.32 Å². The van der Waals surface area contributed by atoms with Gasteiger partial charge in [0.1, 0.15) is 0 Å². The van der Waals surface area contributed by atoms with Crippen LogP contribution in [0.2, 0.25) is 0 Å². The molecule has 4 nitrogen and oxygen atoms in total. The Hall–Kier alpha value is -2.62. The summed E-state index contributed by atoms with van der Waals surface area (Å²) in [6.07, 6.45) is 2.05. The molecular formula is C23H28N2O2. The molecule has 142 valence electrons. The van der Waals surface area contributed by atoms with Gasteiger partial charge in [0.25, 0.3) is 0 Å². The Morgan fingerprint density at radius 1 is 1.04 bits per heavy atom. The molecule has 0 spiro atoms. The third-order valence-corrected chi connectivity index (χ3v) is 5.37. The Morgan fingerprint density at radius 3 is 2.44 bits per heavy atom. The van der Waals surface area contributed by atoms with Gasteiger partial charge >= 0.3 is 0 Å². The first kappa shape index (κ1) is 19.2. The van der Waals surface area contributed by atoms with E-state index < -0.39 is 5.41 Å². The molecule has 2 aromatic rings. The van der Waals surface area contributed by atoms with Crippen molar-refractivity contribution in [3.8, 4) is 0 Å². The lowest BCUT2D eigenvalue weighted by molar-refractivity contribution is -0.140. The van der Waals surface area contributed by atoms with Gasteiger partial charge in [0.2, 0.25) is 11.8 Å². The van der Waals surface area contributed by atoms with Crippen LogP contribution in [0.25, 0.3) is 0 Å². The third-order valence-electron chi connectivity index (χ3n) is 5.37. The lowest BCUT2D eigenvalue weighted by atomic mass is 9.80. The molecule has 1 fully saturated rings. The maximum Gasteiger partial charge on any atom is 0.227 e. The number of nitrogens with zero attached hydrogens (tertiary/aromatic N) is 1. The molecular weight excluding hydrogens is 336 g/mol. The van der Waals surface area contributed by atoms with Crippen molar-refractivity contribution >= 4 is 11.8 Å². The minimum absolute atomic E-state index is 0.0270. The lowest BCUT2D eigenvalue weighted by Gasteiger charge is -2.39. The zero-order chi connectivity index (χ0) is 19.3. The maximum atomic E-state index is 12.8. The molecule has 0 aromatic heterocycles. The summed E-state index contributed by atoms with van der Waals surface area (Å²) in [6.45, 7) is 5.74. The zero-order valence-electron chi connectivity index (χ0n) is 16.2. The van der Waals surface area contributed by atoms with Crippen LogP contribution in [0.4, 0.5) is 0 Å². The van der Waals surface area contributed by atoms with Crippen LogP contribution in [-0.4, -0.2) is 29.8 Å². The standard InChI is InChI=1S/C23H28N2O2/c1-18-9-11-19(12-10-18)15-21(26)25-14-6-13-23(2,17-25)22(27)24-16-20-7-4-3-5-8-20/h3-5,7-12H,6,13-17H2,1-2H3,(H,24,27)/t23-/m0/s1. The number of hydrogen-bond acceptors (Lipinski definition) is 2. The van der Waals surface area contributed by atoms with E-state index in [1.54, 1.807) is 0 Å². The topological polar surface area (TPSA) is 49.4 Å². The van der Waals surface area contributed by atoms with Crippen molar-refractivity contribution in [2.75, 3.05) is 13.1 Å². The normalized spacial score (nSPS) is 19.6. The quantitative estimate of drug-likeness (QED) is 0.883. The number of carbonyl (C=O) groups excluding carboxylic acids is 2. The van der Waals surface area contributed by atoms with Gasteiger partial charge in [0.05, 0.1) is 11.8 Å². The smallest absolute Gasteiger partial charge is 0.227 e. The fourth-order valence-electron chi connectivity index (χ4n) is 3.62. The molecule has 1 aliphatic heterocycles. The summed E-state index contributed by atoms with van der Waals surface area (Å²) in [5.41, 5.74) is 2.76. The molecule has 4 heteroatoms. The third kappa shape index (κ3) is 4.97. The van der Waals surface area contributed by atoms with Gasteiger partial charge in [-0.1, -0.05) is 60.2 Å². The van der Waals surface area contributed by atoms with Crippen molar-refractivity contribution in [2.45, 2.75) is 39.7 Å². The van der Waals surface area contributed by atoms with Crippen LogP contribution in [0.5, 0.6) is 0 Å². The first-order chi connectivity index (χ1) is 13.0. The highest BCUT2D eigenvalue weighted by Gasteiger charge is 2.39. The summed E-state index contributed by atoms with van der Waals surface area (Å²) in [7, 11) is 0. The Bertz CT molecular complexity index is 786. The Kier molecular flexibility index (Phi) is 5.94. The molecule has 1 saturated heterocycles. The Balaban J connectivity index is 1.58. The molecule has 0 bridgehead atoms. The number of likely N-dealkylation sites (tertiary alicyclic amines) is 1. The van der Waals surface area contributed by atoms with Crippen molar-refractivity contribution in [3.05, 3.63) is 71.3 Å². The second-order valence-electron chi connectivity index (χ2n) is 7.81. The van der Waals surface area contributed by atoms with E-state index in [4.69, 9.17) is 0 Å². The van der Waals surface area contributed by atoms with E-state index in [1.807, 2.05) is 73.3 Å². The van der Waals surface area contributed by atoms with E-state index in [1.165, 1.54) is 5.56 Å². The average molecular weight is 364 g/mol. The Morgan fingerprint density at radius 2 is 1.74 bits per heavy atom. The van der Waals surface area contributed by atoms with E-state index >= 15 is 0 Å². The number of carbonyl (C=O) groups is 2. The first-order valence-electron chi connectivity index (χ1n) is 9.62. The number of hydrogen-bond donors (Lipinski definition) is 1. The predicted octanol–water partition coefficient (Wildman–Crippen LogP) is 3.48. The first-order valence-corrected chi connectivity index (χ1v) is 9.62. The second-order valence-corrected chi connectivity index (χ2v) is 7.81. The highest BCUT2D eigenvalue weighted by Crippen LogP contribution is 2.30. The second kappa shape index (κ2) is 8.38. The van der Waals surface area contributed by atoms with Gasteiger partial charge in [-0.25, -0.2) is 0 Å². The summed E-state index contributed by atoms with van der Waals surface area (Å²) >= 11 is 0. The van der Waals surface area contributed by atoms with Crippen molar-refractivity contribution in [3.63, 3.8) is 0 Å².